The Morgan fingerprint density at radius 2 is 2.11 bits per heavy atom. The number of amides is 1. The van der Waals surface area contributed by atoms with Crippen LogP contribution in [0.4, 0.5) is 10.8 Å². The summed E-state index contributed by atoms with van der Waals surface area (Å²) in [5, 5.41) is 5.32. The van der Waals surface area contributed by atoms with Gasteiger partial charge in [0.05, 0.1) is 5.69 Å². The van der Waals surface area contributed by atoms with Crippen molar-refractivity contribution in [1.82, 2.24) is 4.98 Å². The van der Waals surface area contributed by atoms with Crippen molar-refractivity contribution in [3.63, 3.8) is 0 Å². The van der Waals surface area contributed by atoms with E-state index in [1.165, 1.54) is 11.3 Å². The highest BCUT2D eigenvalue weighted by atomic mass is 32.1. The van der Waals surface area contributed by atoms with Crippen LogP contribution in [0.1, 0.15) is 19.8 Å². The molecular formula is C13H15N3OS. The maximum atomic E-state index is 11.4. The largest absolute Gasteiger partial charge is 0.375 e. The van der Waals surface area contributed by atoms with Crippen molar-refractivity contribution in [2.75, 3.05) is 11.1 Å². The minimum Gasteiger partial charge on any atom is -0.375 e. The number of carbonyl (C=O) groups is 1. The normalized spacial score (nSPS) is 10.3. The van der Waals surface area contributed by atoms with E-state index in [1.807, 2.05) is 36.6 Å². The maximum absolute atomic E-state index is 11.4. The Morgan fingerprint density at radius 1 is 1.39 bits per heavy atom. The Kier molecular flexibility index (Phi) is 3.94. The summed E-state index contributed by atoms with van der Waals surface area (Å²) in [5.74, 6) is 0.0446. The number of nitrogen functional groups attached to an aromatic ring is 1. The number of hydrogen-bond acceptors (Lipinski definition) is 4. The molecule has 0 unspecified atom stereocenters. The fourth-order valence-electron chi connectivity index (χ4n) is 1.60. The van der Waals surface area contributed by atoms with Gasteiger partial charge in [-0.2, -0.15) is 0 Å². The summed E-state index contributed by atoms with van der Waals surface area (Å²) in [6.45, 7) is 1.98. The SMILES string of the molecule is CCCC(=O)Nc1ccc(-c2csc(N)n2)cc1. The van der Waals surface area contributed by atoms with Gasteiger partial charge in [-0.15, -0.1) is 11.3 Å². The third-order valence-electron chi connectivity index (χ3n) is 2.46. The van der Waals surface area contributed by atoms with E-state index in [0.717, 1.165) is 23.4 Å². The number of anilines is 2. The molecule has 1 amide bonds. The molecule has 0 spiro atoms. The van der Waals surface area contributed by atoms with E-state index in [9.17, 15) is 4.79 Å². The smallest absolute Gasteiger partial charge is 0.224 e. The van der Waals surface area contributed by atoms with Gasteiger partial charge in [-0.1, -0.05) is 19.1 Å². The standard InChI is InChI=1S/C13H15N3OS/c1-2-3-12(17)15-10-6-4-9(5-7-10)11-8-18-13(14)16-11/h4-8H,2-3H2,1H3,(H2,14,16)(H,15,17). The Balaban J connectivity index is 2.08. The molecule has 0 bridgehead atoms. The zero-order chi connectivity index (χ0) is 13.0. The molecule has 0 aliphatic rings. The molecule has 1 heterocycles. The number of nitrogens with two attached hydrogens (primary N) is 1. The summed E-state index contributed by atoms with van der Waals surface area (Å²) in [6, 6.07) is 7.60. The predicted octanol–water partition coefficient (Wildman–Crippen LogP) is 3.13. The fourth-order valence-corrected chi connectivity index (χ4v) is 2.17. The van der Waals surface area contributed by atoms with Gasteiger partial charge in [0, 0.05) is 23.1 Å². The van der Waals surface area contributed by atoms with Crippen molar-refractivity contribution < 1.29 is 4.79 Å². The third kappa shape index (κ3) is 3.07. The molecule has 0 atom stereocenters. The molecule has 0 fully saturated rings. The van der Waals surface area contributed by atoms with Gasteiger partial charge in [0.1, 0.15) is 0 Å². The second-order valence-corrected chi connectivity index (χ2v) is 4.84. The van der Waals surface area contributed by atoms with Gasteiger partial charge < -0.3 is 11.1 Å². The highest BCUT2D eigenvalue weighted by Crippen LogP contribution is 2.24. The van der Waals surface area contributed by atoms with Crippen LogP contribution in [0, 0.1) is 0 Å². The molecule has 5 heteroatoms. The summed E-state index contributed by atoms with van der Waals surface area (Å²) >= 11 is 1.42. The van der Waals surface area contributed by atoms with Gasteiger partial charge >= 0.3 is 0 Å². The lowest BCUT2D eigenvalue weighted by atomic mass is 10.1. The van der Waals surface area contributed by atoms with Crippen molar-refractivity contribution in [3.05, 3.63) is 29.6 Å². The van der Waals surface area contributed by atoms with Crippen LogP contribution in [0.5, 0.6) is 0 Å². The molecule has 1 aromatic heterocycles. The fraction of sp³-hybridized carbons (Fsp3) is 0.231. The summed E-state index contributed by atoms with van der Waals surface area (Å²) in [6.07, 6.45) is 1.40. The number of thiazole rings is 1. The zero-order valence-corrected chi connectivity index (χ0v) is 11.0. The van der Waals surface area contributed by atoms with Crippen LogP contribution in [-0.4, -0.2) is 10.9 Å². The van der Waals surface area contributed by atoms with Gasteiger partial charge in [0.2, 0.25) is 5.91 Å². The van der Waals surface area contributed by atoms with Gasteiger partial charge in [-0.25, -0.2) is 4.98 Å². The summed E-state index contributed by atoms with van der Waals surface area (Å²) in [4.78, 5) is 15.6. The van der Waals surface area contributed by atoms with E-state index in [-0.39, 0.29) is 5.91 Å². The summed E-state index contributed by atoms with van der Waals surface area (Å²) in [7, 11) is 0. The van der Waals surface area contributed by atoms with Crippen LogP contribution in [0.25, 0.3) is 11.3 Å². The summed E-state index contributed by atoms with van der Waals surface area (Å²) in [5.41, 5.74) is 8.26. The lowest BCUT2D eigenvalue weighted by Gasteiger charge is -2.04. The molecule has 0 radical (unpaired) electrons. The number of nitrogens with zero attached hydrogens (tertiary/aromatic N) is 1. The third-order valence-corrected chi connectivity index (χ3v) is 3.14. The van der Waals surface area contributed by atoms with Crippen molar-refractivity contribution in [2.24, 2.45) is 0 Å². The number of rotatable bonds is 4. The minimum absolute atomic E-state index is 0.0446. The van der Waals surface area contributed by atoms with Crippen molar-refractivity contribution in [3.8, 4) is 11.3 Å². The van der Waals surface area contributed by atoms with Crippen molar-refractivity contribution in [1.29, 1.82) is 0 Å². The molecule has 0 aliphatic carbocycles. The first-order chi connectivity index (χ1) is 8.69. The van der Waals surface area contributed by atoms with E-state index in [0.29, 0.717) is 11.6 Å². The first kappa shape index (κ1) is 12.6. The molecule has 18 heavy (non-hydrogen) atoms. The Bertz CT molecular complexity index is 533. The van der Waals surface area contributed by atoms with Crippen LogP contribution in [0.3, 0.4) is 0 Å². The lowest BCUT2D eigenvalue weighted by molar-refractivity contribution is -0.116. The molecule has 0 saturated heterocycles. The average molecular weight is 261 g/mol. The molecule has 1 aromatic carbocycles. The van der Waals surface area contributed by atoms with Crippen LogP contribution in [0.15, 0.2) is 29.6 Å². The van der Waals surface area contributed by atoms with E-state index >= 15 is 0 Å². The lowest BCUT2D eigenvalue weighted by Crippen LogP contribution is -2.10. The number of carbonyl (C=O) groups excluding carboxylic acids is 1. The van der Waals surface area contributed by atoms with Crippen LogP contribution >= 0.6 is 11.3 Å². The summed E-state index contributed by atoms with van der Waals surface area (Å²) < 4.78 is 0. The molecule has 4 nitrogen and oxygen atoms in total. The topological polar surface area (TPSA) is 68.0 Å². The van der Waals surface area contributed by atoms with Crippen LogP contribution < -0.4 is 11.1 Å². The van der Waals surface area contributed by atoms with Gasteiger partial charge in [0.25, 0.3) is 0 Å². The Labute approximate surface area is 110 Å². The Morgan fingerprint density at radius 3 is 2.67 bits per heavy atom. The number of hydrogen-bond donors (Lipinski definition) is 2. The van der Waals surface area contributed by atoms with Crippen molar-refractivity contribution >= 4 is 28.1 Å². The molecule has 2 rings (SSSR count). The molecule has 3 N–H and O–H groups in total. The van der Waals surface area contributed by atoms with Gasteiger partial charge in [-0.05, 0) is 18.6 Å². The molecule has 94 valence electrons. The van der Waals surface area contributed by atoms with E-state index in [4.69, 9.17) is 5.73 Å². The van der Waals surface area contributed by atoms with E-state index in [2.05, 4.69) is 10.3 Å². The van der Waals surface area contributed by atoms with Gasteiger partial charge in [0.15, 0.2) is 5.13 Å². The van der Waals surface area contributed by atoms with E-state index in [1.54, 1.807) is 0 Å². The maximum Gasteiger partial charge on any atom is 0.224 e. The first-order valence-corrected chi connectivity index (χ1v) is 6.68. The molecule has 0 saturated carbocycles. The minimum atomic E-state index is 0.0446. The number of benzene rings is 1. The highest BCUT2D eigenvalue weighted by Gasteiger charge is 2.04. The van der Waals surface area contributed by atoms with E-state index < -0.39 is 0 Å². The first-order valence-electron chi connectivity index (χ1n) is 5.80. The van der Waals surface area contributed by atoms with Crippen molar-refractivity contribution in [2.45, 2.75) is 19.8 Å². The average Bonchev–Trinajstić information content (AvgIpc) is 2.77. The van der Waals surface area contributed by atoms with Gasteiger partial charge in [-0.3, -0.25) is 4.79 Å². The predicted molar refractivity (Wildman–Crippen MR) is 75.5 cm³/mol. The Hall–Kier alpha value is -1.88. The quantitative estimate of drug-likeness (QED) is 0.888. The molecule has 0 aliphatic heterocycles. The highest BCUT2D eigenvalue weighted by molar-refractivity contribution is 7.13. The van der Waals surface area contributed by atoms with Crippen LogP contribution in [-0.2, 0) is 4.79 Å². The van der Waals surface area contributed by atoms with Crippen LogP contribution in [0.2, 0.25) is 0 Å². The number of aromatic nitrogens is 1. The molecule has 2 aromatic rings. The molecular weight excluding hydrogens is 246 g/mol. The second-order valence-electron chi connectivity index (χ2n) is 3.95. The zero-order valence-electron chi connectivity index (χ0n) is 10.1. The second kappa shape index (κ2) is 5.64. The monoisotopic (exact) mass is 261 g/mol. The number of nitrogens with one attached hydrogen (secondary N) is 1.